The zero-order valence-corrected chi connectivity index (χ0v) is 16.2. The van der Waals surface area contributed by atoms with E-state index in [0.29, 0.717) is 37.6 Å². The third kappa shape index (κ3) is 3.76. The molecular formula is C21H25F2N5O3. The van der Waals surface area contributed by atoms with Gasteiger partial charge in [-0.1, -0.05) is 13.5 Å². The zero-order valence-electron chi connectivity index (χ0n) is 16.2. The first-order valence-electron chi connectivity index (χ1n) is 9.87. The van der Waals surface area contributed by atoms with Gasteiger partial charge in [-0.05, 0) is 30.5 Å². The number of fused-ring (bicyclic) bond motifs is 3. The number of ether oxygens (including phenoxy) is 1. The number of hydrogen-bond acceptors (Lipinski definition) is 6. The molecule has 3 aliphatic rings. The fraction of sp³-hybridized carbons (Fsp3) is 0.476. The van der Waals surface area contributed by atoms with E-state index in [0.717, 1.165) is 25.0 Å². The van der Waals surface area contributed by atoms with Crippen molar-refractivity contribution in [1.82, 2.24) is 14.5 Å². The lowest BCUT2D eigenvalue weighted by Crippen LogP contribution is -2.57. The number of benzene rings is 1. The van der Waals surface area contributed by atoms with Gasteiger partial charge in [0.2, 0.25) is 11.8 Å². The molecule has 1 unspecified atom stereocenters. The van der Waals surface area contributed by atoms with E-state index in [1.807, 2.05) is 0 Å². The van der Waals surface area contributed by atoms with Crippen molar-refractivity contribution in [2.24, 2.45) is 5.73 Å². The molecule has 1 saturated heterocycles. The van der Waals surface area contributed by atoms with Crippen LogP contribution in [0.5, 0.6) is 5.88 Å². The maximum Gasteiger partial charge on any atom is 0.352 e. The number of rotatable bonds is 4. The summed E-state index contributed by atoms with van der Waals surface area (Å²) in [7, 11) is 0. The summed E-state index contributed by atoms with van der Waals surface area (Å²) in [5, 5.41) is 0. The molecule has 1 saturated carbocycles. The predicted octanol–water partition coefficient (Wildman–Crippen LogP) is 1.26. The molecule has 2 fully saturated rings. The van der Waals surface area contributed by atoms with Crippen LogP contribution in [0.4, 0.5) is 14.6 Å². The largest absolute Gasteiger partial charge is 0.473 e. The van der Waals surface area contributed by atoms with E-state index < -0.39 is 22.9 Å². The summed E-state index contributed by atoms with van der Waals surface area (Å²) in [6.07, 6.45) is 1.44. The summed E-state index contributed by atoms with van der Waals surface area (Å²) < 4.78 is 33.5. The van der Waals surface area contributed by atoms with Crippen molar-refractivity contribution in [3.05, 3.63) is 51.9 Å². The van der Waals surface area contributed by atoms with E-state index in [9.17, 15) is 18.4 Å². The Kier molecular flexibility index (Phi) is 5.20. The molecule has 1 aromatic carbocycles. The van der Waals surface area contributed by atoms with Crippen LogP contribution in [-0.4, -0.2) is 51.6 Å². The van der Waals surface area contributed by atoms with Gasteiger partial charge in [-0.15, -0.1) is 0 Å². The molecule has 31 heavy (non-hydrogen) atoms. The van der Waals surface area contributed by atoms with Crippen LogP contribution in [0.25, 0.3) is 0 Å². The Morgan fingerprint density at radius 3 is 2.68 bits per heavy atom. The number of hydrogen-bond donors (Lipinski definition) is 1. The molecule has 1 aromatic heterocycles. The standard InChI is InChI=1S/C20H21F2N5O3.CH4/c21-14-2-1-12(7-15(14)22)11-30-16-8-17-26-6-5-25(18(28)20(23)3-4-20)9-13(26)10-27(17)19(29)24-16;/h1-2,7-8,13H,3-6,9-11,23H2;1H4. The van der Waals surface area contributed by atoms with E-state index >= 15 is 0 Å². The lowest BCUT2D eigenvalue weighted by atomic mass is 10.1. The van der Waals surface area contributed by atoms with Gasteiger partial charge in [0.1, 0.15) is 12.4 Å². The summed E-state index contributed by atoms with van der Waals surface area (Å²) >= 11 is 0. The van der Waals surface area contributed by atoms with Crippen molar-refractivity contribution >= 4 is 11.7 Å². The second kappa shape index (κ2) is 7.60. The van der Waals surface area contributed by atoms with Crippen molar-refractivity contribution in [3.63, 3.8) is 0 Å². The molecule has 8 nitrogen and oxygen atoms in total. The molecule has 5 rings (SSSR count). The van der Waals surface area contributed by atoms with Gasteiger partial charge in [0.25, 0.3) is 0 Å². The minimum Gasteiger partial charge on any atom is -0.473 e. The lowest BCUT2D eigenvalue weighted by Gasteiger charge is -2.39. The molecule has 2 aliphatic heterocycles. The fourth-order valence-electron chi connectivity index (χ4n) is 4.12. The maximum atomic E-state index is 13.4. The highest BCUT2D eigenvalue weighted by Crippen LogP contribution is 2.36. The fourth-order valence-corrected chi connectivity index (χ4v) is 4.12. The smallest absolute Gasteiger partial charge is 0.352 e. The summed E-state index contributed by atoms with van der Waals surface area (Å²) in [6, 6.07) is 5.13. The first-order chi connectivity index (χ1) is 14.3. The van der Waals surface area contributed by atoms with E-state index in [-0.39, 0.29) is 31.9 Å². The molecule has 3 heterocycles. The van der Waals surface area contributed by atoms with Crippen LogP contribution in [0.15, 0.2) is 29.1 Å². The van der Waals surface area contributed by atoms with Gasteiger partial charge in [-0.2, -0.15) is 4.98 Å². The van der Waals surface area contributed by atoms with Crippen LogP contribution >= 0.6 is 0 Å². The van der Waals surface area contributed by atoms with Crippen LogP contribution in [-0.2, 0) is 17.9 Å². The monoisotopic (exact) mass is 433 g/mol. The van der Waals surface area contributed by atoms with Crippen molar-refractivity contribution in [2.45, 2.75) is 45.0 Å². The summed E-state index contributed by atoms with van der Waals surface area (Å²) in [5.41, 5.74) is 5.33. The molecule has 166 valence electrons. The second-order valence-electron chi connectivity index (χ2n) is 8.14. The second-order valence-corrected chi connectivity index (χ2v) is 8.14. The highest BCUT2D eigenvalue weighted by Gasteiger charge is 2.49. The van der Waals surface area contributed by atoms with Gasteiger partial charge < -0.3 is 20.3 Å². The molecule has 1 aliphatic carbocycles. The first kappa shape index (κ1) is 21.2. The number of aromatic nitrogens is 2. The van der Waals surface area contributed by atoms with Gasteiger partial charge in [-0.25, -0.2) is 13.6 Å². The van der Waals surface area contributed by atoms with Crippen molar-refractivity contribution in [3.8, 4) is 5.88 Å². The SMILES string of the molecule is C.NC1(C(=O)N2CCN3c4cc(OCc5ccc(F)c(F)c5)nc(=O)n4CC3C2)CC1. The number of nitrogens with zero attached hydrogens (tertiary/aromatic N) is 4. The molecule has 0 spiro atoms. The Labute approximate surface area is 178 Å². The average Bonchev–Trinajstić information content (AvgIpc) is 3.37. The van der Waals surface area contributed by atoms with Crippen LogP contribution in [0, 0.1) is 11.6 Å². The number of nitrogens with two attached hydrogens (primary N) is 1. The molecule has 1 amide bonds. The van der Waals surface area contributed by atoms with Crippen molar-refractivity contribution in [2.75, 3.05) is 24.5 Å². The normalized spacial score (nSPS) is 20.5. The first-order valence-corrected chi connectivity index (χ1v) is 9.87. The third-order valence-electron chi connectivity index (χ3n) is 6.01. The third-order valence-corrected chi connectivity index (χ3v) is 6.01. The quantitative estimate of drug-likeness (QED) is 0.780. The molecule has 0 radical (unpaired) electrons. The highest BCUT2D eigenvalue weighted by atomic mass is 19.2. The van der Waals surface area contributed by atoms with Crippen LogP contribution in [0.3, 0.4) is 0 Å². The Balaban J connectivity index is 0.00000231. The molecule has 10 heteroatoms. The van der Waals surface area contributed by atoms with E-state index in [1.165, 1.54) is 6.07 Å². The number of piperazine rings is 1. The maximum absolute atomic E-state index is 13.4. The van der Waals surface area contributed by atoms with Gasteiger partial charge in [0.15, 0.2) is 11.6 Å². The topological polar surface area (TPSA) is 93.7 Å². The summed E-state index contributed by atoms with van der Waals surface area (Å²) in [5.74, 6) is -1.10. The summed E-state index contributed by atoms with van der Waals surface area (Å²) in [4.78, 5) is 32.9. The highest BCUT2D eigenvalue weighted by molar-refractivity contribution is 5.89. The number of amides is 1. The molecule has 2 aromatic rings. The Hall–Kier alpha value is -3.01. The van der Waals surface area contributed by atoms with Crippen molar-refractivity contribution < 1.29 is 18.3 Å². The minimum absolute atomic E-state index is 0. The van der Waals surface area contributed by atoms with Crippen LogP contribution < -0.4 is 21.1 Å². The Bertz CT molecular complexity index is 1090. The minimum atomic E-state index is -0.959. The van der Waals surface area contributed by atoms with Gasteiger partial charge >= 0.3 is 5.69 Å². The molecular weight excluding hydrogens is 408 g/mol. The van der Waals surface area contributed by atoms with Crippen LogP contribution in [0.2, 0.25) is 0 Å². The lowest BCUT2D eigenvalue weighted by molar-refractivity contribution is -0.134. The number of carbonyl (C=O) groups excluding carboxylic acids is 1. The van der Waals surface area contributed by atoms with Crippen molar-refractivity contribution in [1.29, 1.82) is 0 Å². The number of anilines is 1. The molecule has 2 N–H and O–H groups in total. The predicted molar refractivity (Wildman–Crippen MR) is 110 cm³/mol. The zero-order chi connectivity index (χ0) is 21.0. The van der Waals surface area contributed by atoms with Gasteiger partial charge in [0, 0.05) is 25.7 Å². The molecule has 0 bridgehead atoms. The van der Waals surface area contributed by atoms with E-state index in [2.05, 4.69) is 9.88 Å². The van der Waals surface area contributed by atoms with Crippen LogP contribution in [0.1, 0.15) is 25.8 Å². The van der Waals surface area contributed by atoms with Gasteiger partial charge in [0.05, 0.1) is 18.1 Å². The molecule has 1 atom stereocenters. The van der Waals surface area contributed by atoms with E-state index in [1.54, 1.807) is 15.5 Å². The number of halogens is 2. The van der Waals surface area contributed by atoms with Gasteiger partial charge in [-0.3, -0.25) is 9.36 Å². The Morgan fingerprint density at radius 1 is 1.19 bits per heavy atom. The average molecular weight is 433 g/mol. The Morgan fingerprint density at radius 2 is 1.97 bits per heavy atom. The number of carbonyl (C=O) groups is 1. The van der Waals surface area contributed by atoms with E-state index in [4.69, 9.17) is 10.5 Å². The summed E-state index contributed by atoms with van der Waals surface area (Å²) in [6.45, 7) is 2.02.